The SMILES string of the molecule is COc1ccc(N(CC(=O)N[C@H](C)c2ccc3c(c2)CCC3)S(C)(=O)=O)cc1. The Balaban J connectivity index is 1.71. The Morgan fingerprint density at radius 1 is 1.14 bits per heavy atom. The van der Waals surface area contributed by atoms with E-state index in [1.54, 1.807) is 24.3 Å². The maximum atomic E-state index is 12.6. The summed E-state index contributed by atoms with van der Waals surface area (Å²) in [5.74, 6) is 0.265. The van der Waals surface area contributed by atoms with Gasteiger partial charge in [-0.2, -0.15) is 0 Å². The van der Waals surface area contributed by atoms with Gasteiger partial charge in [0.1, 0.15) is 12.3 Å². The number of aryl methyl sites for hydroxylation is 2. The number of amides is 1. The smallest absolute Gasteiger partial charge is 0.241 e. The number of carbonyl (C=O) groups is 1. The lowest BCUT2D eigenvalue weighted by atomic mass is 10.0. The standard InChI is InChI=1S/C21H26N2O4S/c1-15(17-8-7-16-5-4-6-18(16)13-17)22-21(24)14-23(28(3,25)26)19-9-11-20(27-2)12-10-19/h7-13,15H,4-6,14H2,1-3H3,(H,22,24)/t15-/m1/s1. The largest absolute Gasteiger partial charge is 0.497 e. The number of carbonyl (C=O) groups excluding carboxylic acids is 1. The van der Waals surface area contributed by atoms with E-state index in [9.17, 15) is 13.2 Å². The van der Waals surface area contributed by atoms with E-state index in [4.69, 9.17) is 4.74 Å². The van der Waals surface area contributed by atoms with Gasteiger partial charge in [-0.05, 0) is 67.1 Å². The monoisotopic (exact) mass is 402 g/mol. The summed E-state index contributed by atoms with van der Waals surface area (Å²) in [6.45, 7) is 1.63. The molecular formula is C21H26N2O4S. The average Bonchev–Trinajstić information content (AvgIpc) is 3.13. The molecule has 1 atom stereocenters. The molecule has 0 bridgehead atoms. The predicted octanol–water partition coefficient (Wildman–Crippen LogP) is 2.83. The highest BCUT2D eigenvalue weighted by molar-refractivity contribution is 7.92. The van der Waals surface area contributed by atoms with E-state index in [2.05, 4.69) is 17.4 Å². The van der Waals surface area contributed by atoms with Crippen LogP contribution in [-0.2, 0) is 27.7 Å². The fraction of sp³-hybridized carbons (Fsp3) is 0.381. The van der Waals surface area contributed by atoms with Gasteiger partial charge in [-0.15, -0.1) is 0 Å². The van der Waals surface area contributed by atoms with Crippen molar-refractivity contribution < 1.29 is 17.9 Å². The number of rotatable bonds is 7. The lowest BCUT2D eigenvalue weighted by molar-refractivity contribution is -0.120. The van der Waals surface area contributed by atoms with E-state index in [0.717, 1.165) is 29.0 Å². The summed E-state index contributed by atoms with van der Waals surface area (Å²) < 4.78 is 30.6. The summed E-state index contributed by atoms with van der Waals surface area (Å²) in [5, 5.41) is 2.91. The van der Waals surface area contributed by atoms with E-state index < -0.39 is 10.0 Å². The van der Waals surface area contributed by atoms with Crippen LogP contribution in [0.3, 0.4) is 0 Å². The third kappa shape index (κ3) is 4.65. The summed E-state index contributed by atoms with van der Waals surface area (Å²) in [6.07, 6.45) is 4.45. The van der Waals surface area contributed by atoms with Crippen molar-refractivity contribution in [1.29, 1.82) is 0 Å². The fourth-order valence-electron chi connectivity index (χ4n) is 3.51. The molecule has 0 unspecified atom stereocenters. The molecule has 3 rings (SSSR count). The van der Waals surface area contributed by atoms with Crippen molar-refractivity contribution in [2.45, 2.75) is 32.2 Å². The van der Waals surface area contributed by atoms with Gasteiger partial charge in [0.2, 0.25) is 15.9 Å². The quantitative estimate of drug-likeness (QED) is 0.773. The van der Waals surface area contributed by atoms with Crippen molar-refractivity contribution in [3.05, 3.63) is 59.2 Å². The van der Waals surface area contributed by atoms with Crippen LogP contribution < -0.4 is 14.4 Å². The first-order chi connectivity index (χ1) is 13.3. The number of hydrogen-bond acceptors (Lipinski definition) is 4. The molecule has 0 heterocycles. The Labute approximate surface area is 166 Å². The van der Waals surface area contributed by atoms with Crippen LogP contribution in [0.4, 0.5) is 5.69 Å². The summed E-state index contributed by atoms with van der Waals surface area (Å²) in [4.78, 5) is 12.6. The van der Waals surface area contributed by atoms with Gasteiger partial charge in [0, 0.05) is 0 Å². The van der Waals surface area contributed by atoms with Gasteiger partial charge in [-0.3, -0.25) is 9.10 Å². The molecule has 28 heavy (non-hydrogen) atoms. The maximum absolute atomic E-state index is 12.6. The molecule has 7 heteroatoms. The van der Waals surface area contributed by atoms with Crippen molar-refractivity contribution in [2.75, 3.05) is 24.2 Å². The fourth-order valence-corrected chi connectivity index (χ4v) is 4.37. The van der Waals surface area contributed by atoms with Crippen LogP contribution in [0.2, 0.25) is 0 Å². The second-order valence-electron chi connectivity index (χ2n) is 7.14. The number of anilines is 1. The van der Waals surface area contributed by atoms with Crippen LogP contribution in [0.1, 0.15) is 36.1 Å². The van der Waals surface area contributed by atoms with Crippen LogP contribution in [0.25, 0.3) is 0 Å². The second kappa shape index (κ2) is 8.22. The Hall–Kier alpha value is -2.54. The third-order valence-corrected chi connectivity index (χ3v) is 6.19. The first kappa shape index (κ1) is 20.2. The summed E-state index contributed by atoms with van der Waals surface area (Å²) in [5.41, 5.74) is 4.17. The minimum Gasteiger partial charge on any atom is -0.497 e. The van der Waals surface area contributed by atoms with Crippen molar-refractivity contribution >= 4 is 21.6 Å². The molecule has 0 saturated heterocycles. The molecule has 1 N–H and O–H groups in total. The van der Waals surface area contributed by atoms with Crippen molar-refractivity contribution in [3.63, 3.8) is 0 Å². The number of fused-ring (bicyclic) bond motifs is 1. The predicted molar refractivity (Wildman–Crippen MR) is 110 cm³/mol. The molecule has 0 saturated carbocycles. The Morgan fingerprint density at radius 2 is 1.82 bits per heavy atom. The Morgan fingerprint density at radius 3 is 2.46 bits per heavy atom. The minimum absolute atomic E-state index is 0.198. The van der Waals surface area contributed by atoms with E-state index in [-0.39, 0.29) is 18.5 Å². The van der Waals surface area contributed by atoms with Gasteiger partial charge in [-0.1, -0.05) is 18.2 Å². The molecule has 0 aromatic heterocycles. The summed E-state index contributed by atoms with van der Waals surface area (Å²) in [6, 6.07) is 12.7. The van der Waals surface area contributed by atoms with Gasteiger partial charge in [0.25, 0.3) is 0 Å². The van der Waals surface area contributed by atoms with Gasteiger partial charge >= 0.3 is 0 Å². The zero-order chi connectivity index (χ0) is 20.3. The maximum Gasteiger partial charge on any atom is 0.241 e. The normalized spacial score (nSPS) is 14.2. The summed E-state index contributed by atoms with van der Waals surface area (Å²) >= 11 is 0. The molecule has 0 fully saturated rings. The number of nitrogens with zero attached hydrogens (tertiary/aromatic N) is 1. The molecule has 2 aromatic rings. The van der Waals surface area contributed by atoms with Gasteiger partial charge < -0.3 is 10.1 Å². The molecular weight excluding hydrogens is 376 g/mol. The van der Waals surface area contributed by atoms with Crippen molar-refractivity contribution in [2.24, 2.45) is 0 Å². The molecule has 6 nitrogen and oxygen atoms in total. The molecule has 0 aliphatic heterocycles. The molecule has 0 spiro atoms. The zero-order valence-electron chi connectivity index (χ0n) is 16.4. The van der Waals surface area contributed by atoms with Gasteiger partial charge in [0.15, 0.2) is 0 Å². The molecule has 0 radical (unpaired) electrons. The number of sulfonamides is 1. The first-order valence-corrected chi connectivity index (χ1v) is 11.2. The number of nitrogens with one attached hydrogen (secondary N) is 1. The van der Waals surface area contributed by atoms with Crippen LogP contribution in [-0.4, -0.2) is 34.2 Å². The summed E-state index contributed by atoms with van der Waals surface area (Å²) in [7, 11) is -2.07. The topological polar surface area (TPSA) is 75.7 Å². The number of benzene rings is 2. The molecule has 1 aliphatic rings. The number of ether oxygens (including phenoxy) is 1. The Kier molecular flexibility index (Phi) is 5.93. The molecule has 2 aromatic carbocycles. The van der Waals surface area contributed by atoms with Gasteiger partial charge in [0.05, 0.1) is 25.1 Å². The molecule has 150 valence electrons. The van der Waals surface area contributed by atoms with Crippen molar-refractivity contribution in [1.82, 2.24) is 5.32 Å². The van der Waals surface area contributed by atoms with Crippen LogP contribution >= 0.6 is 0 Å². The minimum atomic E-state index is -3.61. The van der Waals surface area contributed by atoms with Gasteiger partial charge in [-0.25, -0.2) is 8.42 Å². The molecule has 1 aliphatic carbocycles. The lowest BCUT2D eigenvalue weighted by Gasteiger charge is -2.23. The lowest BCUT2D eigenvalue weighted by Crippen LogP contribution is -2.41. The van der Waals surface area contributed by atoms with E-state index >= 15 is 0 Å². The highest BCUT2D eigenvalue weighted by Crippen LogP contribution is 2.26. The van der Waals surface area contributed by atoms with Crippen LogP contribution in [0.5, 0.6) is 5.75 Å². The molecule has 1 amide bonds. The first-order valence-electron chi connectivity index (χ1n) is 9.31. The Bertz CT molecular complexity index is 955. The second-order valence-corrected chi connectivity index (χ2v) is 9.05. The number of hydrogen-bond donors (Lipinski definition) is 1. The van der Waals surface area contributed by atoms with E-state index in [0.29, 0.717) is 11.4 Å². The van der Waals surface area contributed by atoms with Crippen molar-refractivity contribution in [3.8, 4) is 5.75 Å². The number of methoxy groups -OCH3 is 1. The van der Waals surface area contributed by atoms with Crippen LogP contribution in [0.15, 0.2) is 42.5 Å². The highest BCUT2D eigenvalue weighted by atomic mass is 32.2. The average molecular weight is 403 g/mol. The van der Waals surface area contributed by atoms with E-state index in [1.807, 2.05) is 13.0 Å². The third-order valence-electron chi connectivity index (χ3n) is 5.05. The highest BCUT2D eigenvalue weighted by Gasteiger charge is 2.22. The zero-order valence-corrected chi connectivity index (χ0v) is 17.3. The van der Waals surface area contributed by atoms with Crippen LogP contribution in [0, 0.1) is 0 Å². The van der Waals surface area contributed by atoms with E-state index in [1.165, 1.54) is 24.7 Å².